The normalized spacial score (nSPS) is 11.2. The first kappa shape index (κ1) is 6.80. The van der Waals surface area contributed by atoms with Gasteiger partial charge in [-0.15, -0.1) is 0 Å². The highest BCUT2D eigenvalue weighted by Gasteiger charge is 2.13. The summed E-state index contributed by atoms with van der Waals surface area (Å²) in [6.45, 7) is 3.88. The van der Waals surface area contributed by atoms with E-state index in [1.165, 1.54) is 0 Å². The molecule has 0 N–H and O–H groups in total. The zero-order chi connectivity index (χ0) is 8.01. The molecule has 0 radical (unpaired) electrons. The molecule has 58 valence electrons. The van der Waals surface area contributed by atoms with Crippen LogP contribution in [-0.4, -0.2) is 0 Å². The summed E-state index contributed by atoms with van der Waals surface area (Å²) in [4.78, 5) is 0. The summed E-state index contributed by atoms with van der Waals surface area (Å²) in [6, 6.07) is 0. The van der Waals surface area contributed by atoms with Gasteiger partial charge in [-0.2, -0.15) is 0 Å². The van der Waals surface area contributed by atoms with E-state index in [-0.39, 0.29) is 0 Å². The predicted molar refractivity (Wildman–Crippen MR) is 43.0 cm³/mol. The minimum Gasteiger partial charge on any atom is -0.433 e. The van der Waals surface area contributed by atoms with Gasteiger partial charge in [-0.25, -0.2) is 0 Å². The molecule has 2 rings (SSSR count). The molecule has 0 atom stereocenters. The van der Waals surface area contributed by atoms with E-state index in [2.05, 4.69) is 0 Å². The summed E-state index contributed by atoms with van der Waals surface area (Å²) in [7, 11) is 0. The van der Waals surface area contributed by atoms with Gasteiger partial charge in [0, 0.05) is 5.56 Å². The highest BCUT2D eigenvalue weighted by molar-refractivity contribution is 6.30. The molecular weight excluding hydrogens is 164 g/mol. The van der Waals surface area contributed by atoms with Crippen molar-refractivity contribution in [3.05, 3.63) is 22.6 Å². The minimum absolute atomic E-state index is 0.419. The lowest BCUT2D eigenvalue weighted by Crippen LogP contribution is -1.67. The monoisotopic (exact) mass is 170 g/mol. The van der Waals surface area contributed by atoms with Crippen LogP contribution in [0.25, 0.3) is 11.2 Å². The largest absolute Gasteiger partial charge is 0.433 e. The van der Waals surface area contributed by atoms with Crippen LogP contribution in [0.2, 0.25) is 5.22 Å². The number of rotatable bonds is 0. The molecule has 0 aliphatic heterocycles. The van der Waals surface area contributed by atoms with Crippen LogP contribution >= 0.6 is 11.6 Å². The third-order valence-electron chi connectivity index (χ3n) is 1.79. The van der Waals surface area contributed by atoms with Crippen LogP contribution in [0.15, 0.2) is 15.1 Å². The SMILES string of the molecule is Cc1coc2oc(Cl)c(C)c12. The van der Waals surface area contributed by atoms with Crippen molar-refractivity contribution in [2.75, 3.05) is 0 Å². The van der Waals surface area contributed by atoms with E-state index < -0.39 is 0 Å². The summed E-state index contributed by atoms with van der Waals surface area (Å²) < 4.78 is 10.2. The van der Waals surface area contributed by atoms with Gasteiger partial charge in [0.15, 0.2) is 0 Å². The number of furan rings is 2. The molecule has 0 aromatic carbocycles. The second-order valence-electron chi connectivity index (χ2n) is 2.58. The average Bonchev–Trinajstić information content (AvgIpc) is 2.41. The number of halogens is 1. The molecule has 0 spiro atoms. The highest BCUT2D eigenvalue weighted by Crippen LogP contribution is 2.31. The van der Waals surface area contributed by atoms with Gasteiger partial charge < -0.3 is 8.83 Å². The molecule has 0 fully saturated rings. The third kappa shape index (κ3) is 0.792. The molecule has 0 unspecified atom stereocenters. The van der Waals surface area contributed by atoms with Crippen molar-refractivity contribution in [3.8, 4) is 0 Å². The summed E-state index contributed by atoms with van der Waals surface area (Å²) in [5, 5.41) is 1.41. The molecule has 0 bridgehead atoms. The average molecular weight is 171 g/mol. The lowest BCUT2D eigenvalue weighted by atomic mass is 10.2. The maximum atomic E-state index is 5.74. The molecule has 0 aliphatic carbocycles. The number of fused-ring (bicyclic) bond motifs is 1. The number of hydrogen-bond donors (Lipinski definition) is 0. The van der Waals surface area contributed by atoms with Gasteiger partial charge in [0.1, 0.15) is 0 Å². The third-order valence-corrected chi connectivity index (χ3v) is 2.15. The summed E-state index contributed by atoms with van der Waals surface area (Å²) in [6.07, 6.45) is 1.66. The van der Waals surface area contributed by atoms with E-state index in [1.807, 2.05) is 13.8 Å². The fraction of sp³-hybridized carbons (Fsp3) is 0.250. The second kappa shape index (κ2) is 2.05. The topological polar surface area (TPSA) is 26.3 Å². The Morgan fingerprint density at radius 2 is 2.09 bits per heavy atom. The first-order chi connectivity index (χ1) is 5.20. The Bertz CT molecular complexity index is 397. The Hall–Kier alpha value is -0.890. The zero-order valence-corrected chi connectivity index (χ0v) is 7.03. The molecule has 0 aliphatic rings. The van der Waals surface area contributed by atoms with Gasteiger partial charge in [-0.05, 0) is 31.0 Å². The maximum Gasteiger partial charge on any atom is 0.298 e. The van der Waals surface area contributed by atoms with Crippen LogP contribution < -0.4 is 0 Å². The Morgan fingerprint density at radius 1 is 1.36 bits per heavy atom. The molecule has 3 heteroatoms. The second-order valence-corrected chi connectivity index (χ2v) is 2.93. The number of hydrogen-bond acceptors (Lipinski definition) is 2. The molecule has 0 amide bonds. The van der Waals surface area contributed by atoms with Gasteiger partial charge in [0.05, 0.1) is 11.6 Å². The Labute approximate surface area is 68.7 Å². The molecule has 0 saturated carbocycles. The van der Waals surface area contributed by atoms with E-state index in [0.717, 1.165) is 16.5 Å². The van der Waals surface area contributed by atoms with Crippen LogP contribution in [0.1, 0.15) is 11.1 Å². The molecular formula is C8H7ClO2. The molecule has 2 aromatic rings. The van der Waals surface area contributed by atoms with E-state index in [1.54, 1.807) is 6.26 Å². The van der Waals surface area contributed by atoms with Crippen LogP contribution in [0.4, 0.5) is 0 Å². The van der Waals surface area contributed by atoms with Gasteiger partial charge in [-0.3, -0.25) is 0 Å². The predicted octanol–water partition coefficient (Wildman–Crippen LogP) is 3.30. The van der Waals surface area contributed by atoms with Crippen molar-refractivity contribution in [3.63, 3.8) is 0 Å². The summed E-state index contributed by atoms with van der Waals surface area (Å²) in [5.41, 5.74) is 2.01. The van der Waals surface area contributed by atoms with Crippen LogP contribution in [0.3, 0.4) is 0 Å². The first-order valence-electron chi connectivity index (χ1n) is 3.33. The lowest BCUT2D eigenvalue weighted by Gasteiger charge is -1.83. The van der Waals surface area contributed by atoms with E-state index >= 15 is 0 Å². The first-order valence-corrected chi connectivity index (χ1v) is 3.70. The maximum absolute atomic E-state index is 5.74. The van der Waals surface area contributed by atoms with Crippen molar-refractivity contribution in [2.24, 2.45) is 0 Å². The molecule has 0 saturated heterocycles. The van der Waals surface area contributed by atoms with Crippen molar-refractivity contribution >= 4 is 22.8 Å². The van der Waals surface area contributed by atoms with Crippen molar-refractivity contribution in [2.45, 2.75) is 13.8 Å². The van der Waals surface area contributed by atoms with Gasteiger partial charge >= 0.3 is 0 Å². The van der Waals surface area contributed by atoms with E-state index in [9.17, 15) is 0 Å². The molecule has 2 aromatic heterocycles. The van der Waals surface area contributed by atoms with E-state index in [0.29, 0.717) is 11.0 Å². The molecule has 11 heavy (non-hydrogen) atoms. The smallest absolute Gasteiger partial charge is 0.298 e. The number of aryl methyl sites for hydroxylation is 2. The van der Waals surface area contributed by atoms with Gasteiger partial charge in [0.2, 0.25) is 5.22 Å². The molecule has 2 nitrogen and oxygen atoms in total. The fourth-order valence-corrected chi connectivity index (χ4v) is 1.37. The van der Waals surface area contributed by atoms with Crippen LogP contribution in [0.5, 0.6) is 0 Å². The van der Waals surface area contributed by atoms with E-state index in [4.69, 9.17) is 20.4 Å². The summed E-state index contributed by atoms with van der Waals surface area (Å²) in [5.74, 6) is 0.519. The minimum atomic E-state index is 0.419. The standard InChI is InChI=1S/C8H7ClO2/c1-4-3-10-8-6(4)5(2)7(9)11-8/h3H,1-2H3. The van der Waals surface area contributed by atoms with Crippen LogP contribution in [0, 0.1) is 13.8 Å². The van der Waals surface area contributed by atoms with Crippen LogP contribution in [-0.2, 0) is 0 Å². The Balaban J connectivity index is 2.95. The fourth-order valence-electron chi connectivity index (χ4n) is 1.20. The summed E-state index contributed by atoms with van der Waals surface area (Å²) >= 11 is 5.74. The highest BCUT2D eigenvalue weighted by atomic mass is 35.5. The van der Waals surface area contributed by atoms with Crippen molar-refractivity contribution in [1.82, 2.24) is 0 Å². The van der Waals surface area contributed by atoms with Gasteiger partial charge in [-0.1, -0.05) is 0 Å². The van der Waals surface area contributed by atoms with Crippen molar-refractivity contribution < 1.29 is 8.83 Å². The molecule has 2 heterocycles. The van der Waals surface area contributed by atoms with Crippen molar-refractivity contribution in [1.29, 1.82) is 0 Å². The van der Waals surface area contributed by atoms with Gasteiger partial charge in [0.25, 0.3) is 5.78 Å². The lowest BCUT2D eigenvalue weighted by molar-refractivity contribution is 0.477. The zero-order valence-electron chi connectivity index (χ0n) is 6.27. The Morgan fingerprint density at radius 3 is 2.73 bits per heavy atom. The quantitative estimate of drug-likeness (QED) is 0.607. The Kier molecular flexibility index (Phi) is 1.26.